The average molecular weight is 218 g/mol. The Morgan fingerprint density at radius 3 is 2.17 bits per heavy atom. The van der Waals surface area contributed by atoms with Crippen LogP contribution in [0.2, 0.25) is 0 Å². The van der Waals surface area contributed by atoms with E-state index < -0.39 is 29.3 Å². The first-order valence-electron chi connectivity index (χ1n) is 3.33. The number of aliphatic hydroxyl groups is 2. The molecule has 12 heavy (non-hydrogen) atoms. The van der Waals surface area contributed by atoms with Gasteiger partial charge in [-0.2, -0.15) is 0 Å². The molecule has 0 atom stereocenters. The molecule has 5 nitrogen and oxygen atoms in total. The highest BCUT2D eigenvalue weighted by Gasteiger charge is 2.15. The van der Waals surface area contributed by atoms with Crippen molar-refractivity contribution < 1.29 is 18.6 Å². The van der Waals surface area contributed by atoms with Crippen molar-refractivity contribution in [1.82, 2.24) is 4.72 Å². The van der Waals surface area contributed by atoms with Gasteiger partial charge in [0.1, 0.15) is 0 Å². The van der Waals surface area contributed by atoms with E-state index >= 15 is 0 Å². The van der Waals surface area contributed by atoms with Crippen LogP contribution in [0.1, 0.15) is 0 Å². The molecule has 0 aromatic rings. The van der Waals surface area contributed by atoms with Crippen LogP contribution < -0.4 is 4.72 Å². The lowest BCUT2D eigenvalue weighted by Crippen LogP contribution is -2.41. The molecule has 74 valence electrons. The standard InChI is InChI=1S/C5H12ClNO4S/c6-1-2-12(10,11)7-5(3-8)4-9/h5,7-9H,1-4H2. The number of nitrogens with one attached hydrogen (secondary N) is 1. The summed E-state index contributed by atoms with van der Waals surface area (Å²) in [4.78, 5) is 0. The van der Waals surface area contributed by atoms with E-state index in [2.05, 4.69) is 4.72 Å². The number of sulfonamides is 1. The summed E-state index contributed by atoms with van der Waals surface area (Å²) in [6.07, 6.45) is 0. The Bertz CT molecular complexity index is 201. The van der Waals surface area contributed by atoms with E-state index in [9.17, 15) is 8.42 Å². The van der Waals surface area contributed by atoms with E-state index in [0.717, 1.165) is 0 Å². The third-order valence-corrected chi connectivity index (χ3v) is 2.98. The highest BCUT2D eigenvalue weighted by atomic mass is 35.5. The number of alkyl halides is 1. The molecular weight excluding hydrogens is 206 g/mol. The Labute approximate surface area is 76.4 Å². The minimum Gasteiger partial charge on any atom is -0.395 e. The first kappa shape index (κ1) is 12.1. The van der Waals surface area contributed by atoms with E-state index in [1.165, 1.54) is 0 Å². The highest BCUT2D eigenvalue weighted by molar-refractivity contribution is 7.89. The summed E-state index contributed by atoms with van der Waals surface area (Å²) in [6.45, 7) is -0.865. The average Bonchev–Trinajstić information content (AvgIpc) is 2.00. The second kappa shape index (κ2) is 5.71. The van der Waals surface area contributed by atoms with E-state index in [0.29, 0.717) is 0 Å². The predicted molar refractivity (Wildman–Crippen MR) is 45.6 cm³/mol. The smallest absolute Gasteiger partial charge is 0.213 e. The minimum atomic E-state index is -3.46. The zero-order valence-corrected chi connectivity index (χ0v) is 7.98. The van der Waals surface area contributed by atoms with Crippen LogP contribution in [0.25, 0.3) is 0 Å². The van der Waals surface area contributed by atoms with Gasteiger partial charge in [0.25, 0.3) is 0 Å². The predicted octanol–water partition coefficient (Wildman–Crippen LogP) is -1.50. The monoisotopic (exact) mass is 217 g/mol. The molecule has 0 fully saturated rings. The molecule has 0 aromatic heterocycles. The molecule has 0 aliphatic rings. The molecule has 0 unspecified atom stereocenters. The van der Waals surface area contributed by atoms with E-state index in [-0.39, 0.29) is 11.6 Å². The summed E-state index contributed by atoms with van der Waals surface area (Å²) < 4.78 is 24.0. The van der Waals surface area contributed by atoms with Crippen molar-refractivity contribution in [2.24, 2.45) is 0 Å². The Morgan fingerprint density at radius 2 is 1.83 bits per heavy atom. The Kier molecular flexibility index (Phi) is 5.77. The third kappa shape index (κ3) is 4.89. The first-order valence-corrected chi connectivity index (χ1v) is 5.52. The second-order valence-corrected chi connectivity index (χ2v) is 4.44. The normalized spacial score (nSPS) is 12.3. The fourth-order valence-corrected chi connectivity index (χ4v) is 2.13. The summed E-state index contributed by atoms with van der Waals surface area (Å²) in [5, 5.41) is 17.1. The maximum absolute atomic E-state index is 10.9. The van der Waals surface area contributed by atoms with Crippen molar-refractivity contribution in [3.8, 4) is 0 Å². The molecule has 0 amide bonds. The molecule has 0 heterocycles. The summed E-state index contributed by atoms with van der Waals surface area (Å²) >= 11 is 5.21. The van der Waals surface area contributed by atoms with Crippen LogP contribution in [-0.2, 0) is 10.0 Å². The molecule has 3 N–H and O–H groups in total. The molecule has 0 aliphatic carbocycles. The van der Waals surface area contributed by atoms with E-state index in [1.54, 1.807) is 0 Å². The van der Waals surface area contributed by atoms with Gasteiger partial charge in [0.2, 0.25) is 10.0 Å². The summed E-state index contributed by atoms with van der Waals surface area (Å²) in [5.74, 6) is -0.232. The van der Waals surface area contributed by atoms with Crippen LogP contribution in [0.15, 0.2) is 0 Å². The van der Waals surface area contributed by atoms with Gasteiger partial charge in [-0.05, 0) is 0 Å². The third-order valence-electron chi connectivity index (χ3n) is 1.13. The van der Waals surface area contributed by atoms with Crippen molar-refractivity contribution in [2.75, 3.05) is 24.8 Å². The fraction of sp³-hybridized carbons (Fsp3) is 1.00. The number of aliphatic hydroxyl groups excluding tert-OH is 2. The maximum atomic E-state index is 10.9. The van der Waals surface area contributed by atoms with Crippen molar-refractivity contribution >= 4 is 21.6 Å². The Morgan fingerprint density at radius 1 is 1.33 bits per heavy atom. The van der Waals surface area contributed by atoms with Crippen LogP contribution in [-0.4, -0.2) is 49.5 Å². The summed E-state index contributed by atoms with van der Waals surface area (Å²) in [7, 11) is -3.46. The van der Waals surface area contributed by atoms with Gasteiger partial charge in [-0.3, -0.25) is 0 Å². The molecule has 0 rings (SSSR count). The molecule has 0 aromatic carbocycles. The quantitative estimate of drug-likeness (QED) is 0.473. The molecule has 0 spiro atoms. The number of hydrogen-bond acceptors (Lipinski definition) is 4. The van der Waals surface area contributed by atoms with Gasteiger partial charge in [0.15, 0.2) is 0 Å². The van der Waals surface area contributed by atoms with Crippen LogP contribution >= 0.6 is 11.6 Å². The zero-order chi connectivity index (χ0) is 9.61. The lowest BCUT2D eigenvalue weighted by molar-refractivity contribution is 0.185. The van der Waals surface area contributed by atoms with Gasteiger partial charge in [0, 0.05) is 5.88 Å². The molecule has 0 saturated heterocycles. The number of rotatable bonds is 6. The van der Waals surface area contributed by atoms with Gasteiger partial charge < -0.3 is 10.2 Å². The largest absolute Gasteiger partial charge is 0.395 e. The maximum Gasteiger partial charge on any atom is 0.213 e. The molecule has 0 saturated carbocycles. The molecule has 0 radical (unpaired) electrons. The molecular formula is C5H12ClNO4S. The minimum absolute atomic E-state index is 0.0150. The van der Waals surface area contributed by atoms with Crippen LogP contribution in [0.3, 0.4) is 0 Å². The zero-order valence-electron chi connectivity index (χ0n) is 6.40. The van der Waals surface area contributed by atoms with Gasteiger partial charge in [-0.15, -0.1) is 11.6 Å². The van der Waals surface area contributed by atoms with Crippen LogP contribution in [0.4, 0.5) is 0 Å². The lowest BCUT2D eigenvalue weighted by Gasteiger charge is -2.12. The molecule has 0 bridgehead atoms. The summed E-state index contributed by atoms with van der Waals surface area (Å²) in [6, 6.07) is -0.835. The lowest BCUT2D eigenvalue weighted by atomic mass is 10.4. The number of hydrogen-bond donors (Lipinski definition) is 3. The van der Waals surface area contributed by atoms with Gasteiger partial charge in [-0.25, -0.2) is 13.1 Å². The van der Waals surface area contributed by atoms with Gasteiger partial charge in [0.05, 0.1) is 25.0 Å². The van der Waals surface area contributed by atoms with Crippen molar-refractivity contribution in [3.05, 3.63) is 0 Å². The van der Waals surface area contributed by atoms with Crippen LogP contribution in [0.5, 0.6) is 0 Å². The van der Waals surface area contributed by atoms with Gasteiger partial charge >= 0.3 is 0 Å². The molecule has 0 aliphatic heterocycles. The van der Waals surface area contributed by atoms with E-state index in [4.69, 9.17) is 21.8 Å². The van der Waals surface area contributed by atoms with Gasteiger partial charge in [-0.1, -0.05) is 0 Å². The topological polar surface area (TPSA) is 86.6 Å². The van der Waals surface area contributed by atoms with Crippen LogP contribution in [0, 0.1) is 0 Å². The van der Waals surface area contributed by atoms with Crippen molar-refractivity contribution in [2.45, 2.75) is 6.04 Å². The van der Waals surface area contributed by atoms with Crippen molar-refractivity contribution in [1.29, 1.82) is 0 Å². The highest BCUT2D eigenvalue weighted by Crippen LogP contribution is 1.90. The second-order valence-electron chi connectivity index (χ2n) is 2.19. The Hall–Kier alpha value is 0.120. The number of halogens is 1. The Balaban J connectivity index is 4.03. The first-order chi connectivity index (χ1) is 5.55. The SMILES string of the molecule is O=S(=O)(CCCl)NC(CO)CO. The molecule has 7 heteroatoms. The van der Waals surface area contributed by atoms with E-state index in [1.807, 2.05) is 0 Å². The van der Waals surface area contributed by atoms with Crippen molar-refractivity contribution in [3.63, 3.8) is 0 Å². The fourth-order valence-electron chi connectivity index (χ4n) is 0.547. The summed E-state index contributed by atoms with van der Waals surface area (Å²) in [5.41, 5.74) is 0.